The Hall–Kier alpha value is -1.81. The highest BCUT2D eigenvalue weighted by atomic mass is 16.5. The molecule has 4 nitrogen and oxygen atoms in total. The van der Waals surface area contributed by atoms with Gasteiger partial charge in [0.2, 0.25) is 0 Å². The summed E-state index contributed by atoms with van der Waals surface area (Å²) in [5.41, 5.74) is 3.81. The number of aryl methyl sites for hydroxylation is 1. The Morgan fingerprint density at radius 1 is 1.47 bits per heavy atom. The number of fused-ring (bicyclic) bond motifs is 1. The van der Waals surface area contributed by atoms with Crippen LogP contribution >= 0.6 is 0 Å². The van der Waals surface area contributed by atoms with E-state index in [0.717, 1.165) is 25.3 Å². The molecule has 1 atom stereocenters. The molecule has 100 valence electrons. The van der Waals surface area contributed by atoms with Crippen molar-refractivity contribution >= 4 is 0 Å². The summed E-state index contributed by atoms with van der Waals surface area (Å²) in [7, 11) is 1.94. The molecule has 2 aromatic rings. The minimum absolute atomic E-state index is 0.194. The van der Waals surface area contributed by atoms with Crippen LogP contribution in [0, 0.1) is 6.92 Å². The second kappa shape index (κ2) is 5.05. The third kappa shape index (κ3) is 2.63. The van der Waals surface area contributed by atoms with E-state index in [9.17, 15) is 0 Å². The zero-order chi connectivity index (χ0) is 13.2. The number of benzene rings is 1. The summed E-state index contributed by atoms with van der Waals surface area (Å²) in [5, 5.41) is 7.50. The van der Waals surface area contributed by atoms with Crippen molar-refractivity contribution in [3.63, 3.8) is 0 Å². The SMILES string of the molecule is CNCc1cnn(CC2Cc3cc(C)ccc3O2)c1. The molecule has 1 unspecified atom stereocenters. The topological polar surface area (TPSA) is 39.1 Å². The number of hydrogen-bond acceptors (Lipinski definition) is 3. The second-order valence-corrected chi connectivity index (χ2v) is 5.16. The van der Waals surface area contributed by atoms with Crippen molar-refractivity contribution in [1.29, 1.82) is 0 Å². The minimum Gasteiger partial charge on any atom is -0.488 e. The standard InChI is InChI=1S/C15H19N3O/c1-11-3-4-15-13(5-11)6-14(19-15)10-18-9-12(7-16-2)8-17-18/h3-5,8-9,14,16H,6-7,10H2,1-2H3. The molecule has 0 bridgehead atoms. The van der Waals surface area contributed by atoms with Gasteiger partial charge in [0, 0.05) is 24.7 Å². The molecule has 1 aliphatic rings. The van der Waals surface area contributed by atoms with Gasteiger partial charge in [-0.3, -0.25) is 4.68 Å². The fraction of sp³-hybridized carbons (Fsp3) is 0.400. The van der Waals surface area contributed by atoms with E-state index in [1.54, 1.807) is 0 Å². The first kappa shape index (κ1) is 12.2. The van der Waals surface area contributed by atoms with E-state index >= 15 is 0 Å². The van der Waals surface area contributed by atoms with E-state index in [4.69, 9.17) is 4.74 Å². The highest BCUT2D eigenvalue weighted by Gasteiger charge is 2.23. The van der Waals surface area contributed by atoms with Gasteiger partial charge in [-0.2, -0.15) is 5.10 Å². The van der Waals surface area contributed by atoms with Crippen molar-refractivity contribution < 1.29 is 4.74 Å². The smallest absolute Gasteiger partial charge is 0.123 e. The van der Waals surface area contributed by atoms with E-state index < -0.39 is 0 Å². The lowest BCUT2D eigenvalue weighted by molar-refractivity contribution is 0.203. The van der Waals surface area contributed by atoms with E-state index in [2.05, 4.69) is 41.7 Å². The lowest BCUT2D eigenvalue weighted by Gasteiger charge is -2.10. The van der Waals surface area contributed by atoms with Crippen LogP contribution in [0.2, 0.25) is 0 Å². The van der Waals surface area contributed by atoms with Crippen molar-refractivity contribution in [3.05, 3.63) is 47.3 Å². The summed E-state index contributed by atoms with van der Waals surface area (Å²) in [6.45, 7) is 3.77. The molecule has 4 heteroatoms. The van der Waals surface area contributed by atoms with E-state index in [-0.39, 0.29) is 6.10 Å². The van der Waals surface area contributed by atoms with Gasteiger partial charge >= 0.3 is 0 Å². The molecular weight excluding hydrogens is 238 g/mol. The van der Waals surface area contributed by atoms with Gasteiger partial charge in [0.25, 0.3) is 0 Å². The maximum Gasteiger partial charge on any atom is 0.123 e. The van der Waals surface area contributed by atoms with Crippen LogP contribution in [0.4, 0.5) is 0 Å². The van der Waals surface area contributed by atoms with Gasteiger partial charge in [0.1, 0.15) is 11.9 Å². The van der Waals surface area contributed by atoms with Gasteiger partial charge in [0.05, 0.1) is 12.7 Å². The molecule has 2 heterocycles. The van der Waals surface area contributed by atoms with Crippen LogP contribution < -0.4 is 10.1 Å². The molecular formula is C15H19N3O. The zero-order valence-electron chi connectivity index (χ0n) is 11.4. The number of rotatable bonds is 4. The largest absolute Gasteiger partial charge is 0.488 e. The van der Waals surface area contributed by atoms with Crippen LogP contribution in [-0.4, -0.2) is 22.9 Å². The predicted molar refractivity (Wildman–Crippen MR) is 74.3 cm³/mol. The van der Waals surface area contributed by atoms with Crippen molar-refractivity contribution in [2.45, 2.75) is 32.5 Å². The maximum atomic E-state index is 5.96. The fourth-order valence-electron chi connectivity index (χ4n) is 2.56. The number of nitrogens with one attached hydrogen (secondary N) is 1. The first-order valence-corrected chi connectivity index (χ1v) is 6.66. The Labute approximate surface area is 113 Å². The highest BCUT2D eigenvalue weighted by molar-refractivity contribution is 5.40. The summed E-state index contributed by atoms with van der Waals surface area (Å²) in [4.78, 5) is 0. The van der Waals surface area contributed by atoms with Crippen molar-refractivity contribution in [3.8, 4) is 5.75 Å². The number of nitrogens with zero attached hydrogens (tertiary/aromatic N) is 2. The first-order valence-electron chi connectivity index (χ1n) is 6.66. The van der Waals surface area contributed by atoms with Crippen molar-refractivity contribution in [2.75, 3.05) is 7.05 Å². The zero-order valence-corrected chi connectivity index (χ0v) is 11.4. The van der Waals surface area contributed by atoms with Crippen LogP contribution in [0.15, 0.2) is 30.6 Å². The number of ether oxygens (including phenoxy) is 1. The van der Waals surface area contributed by atoms with Gasteiger partial charge in [0.15, 0.2) is 0 Å². The summed E-state index contributed by atoms with van der Waals surface area (Å²) in [6.07, 6.45) is 5.15. The summed E-state index contributed by atoms with van der Waals surface area (Å²) in [6, 6.07) is 6.38. The summed E-state index contributed by atoms with van der Waals surface area (Å²) < 4.78 is 7.93. The molecule has 0 saturated carbocycles. The van der Waals surface area contributed by atoms with Crippen molar-refractivity contribution in [1.82, 2.24) is 15.1 Å². The Kier molecular flexibility index (Phi) is 3.25. The monoisotopic (exact) mass is 257 g/mol. The molecule has 1 N–H and O–H groups in total. The van der Waals surface area contributed by atoms with Crippen LogP contribution in [0.25, 0.3) is 0 Å². The molecule has 1 aliphatic heterocycles. The Balaban J connectivity index is 1.66. The third-order valence-electron chi connectivity index (χ3n) is 3.42. The lowest BCUT2D eigenvalue weighted by Crippen LogP contribution is -2.21. The van der Waals surface area contributed by atoms with E-state index in [1.165, 1.54) is 16.7 Å². The predicted octanol–water partition coefficient (Wildman–Crippen LogP) is 1.91. The minimum atomic E-state index is 0.194. The Morgan fingerprint density at radius 2 is 2.37 bits per heavy atom. The summed E-state index contributed by atoms with van der Waals surface area (Å²) in [5.74, 6) is 1.03. The molecule has 0 fully saturated rings. The van der Waals surface area contributed by atoms with Crippen LogP contribution in [0.1, 0.15) is 16.7 Å². The molecule has 1 aromatic carbocycles. The quantitative estimate of drug-likeness (QED) is 0.909. The summed E-state index contributed by atoms with van der Waals surface area (Å²) >= 11 is 0. The molecule has 1 aromatic heterocycles. The number of hydrogen-bond donors (Lipinski definition) is 1. The Morgan fingerprint density at radius 3 is 3.21 bits per heavy atom. The molecule has 0 spiro atoms. The Bertz CT molecular complexity index is 577. The number of aromatic nitrogens is 2. The molecule has 19 heavy (non-hydrogen) atoms. The fourth-order valence-corrected chi connectivity index (χ4v) is 2.56. The van der Waals surface area contributed by atoms with Crippen LogP contribution in [0.5, 0.6) is 5.75 Å². The molecule has 0 radical (unpaired) electrons. The first-order chi connectivity index (χ1) is 9.24. The average Bonchev–Trinajstić information content (AvgIpc) is 2.96. The second-order valence-electron chi connectivity index (χ2n) is 5.16. The normalized spacial score (nSPS) is 17.3. The molecule has 3 rings (SSSR count). The molecule has 0 amide bonds. The van der Waals surface area contributed by atoms with Gasteiger partial charge < -0.3 is 10.1 Å². The van der Waals surface area contributed by atoms with E-state index in [1.807, 2.05) is 17.9 Å². The van der Waals surface area contributed by atoms with Crippen LogP contribution in [0.3, 0.4) is 0 Å². The highest BCUT2D eigenvalue weighted by Crippen LogP contribution is 2.29. The van der Waals surface area contributed by atoms with Gasteiger partial charge in [-0.25, -0.2) is 0 Å². The lowest BCUT2D eigenvalue weighted by atomic mass is 10.1. The average molecular weight is 257 g/mol. The molecule has 0 saturated heterocycles. The van der Waals surface area contributed by atoms with Gasteiger partial charge in [-0.1, -0.05) is 17.7 Å². The van der Waals surface area contributed by atoms with Gasteiger partial charge in [-0.05, 0) is 25.6 Å². The van der Waals surface area contributed by atoms with Gasteiger partial charge in [-0.15, -0.1) is 0 Å². The molecule has 0 aliphatic carbocycles. The maximum absolute atomic E-state index is 5.96. The van der Waals surface area contributed by atoms with Crippen molar-refractivity contribution in [2.24, 2.45) is 0 Å². The van der Waals surface area contributed by atoms with E-state index in [0.29, 0.717) is 0 Å². The van der Waals surface area contributed by atoms with Crippen LogP contribution in [-0.2, 0) is 19.5 Å². The third-order valence-corrected chi connectivity index (χ3v) is 3.42.